The zero-order chi connectivity index (χ0) is 19.7. The van der Waals surface area contributed by atoms with E-state index in [0.29, 0.717) is 44.4 Å². The van der Waals surface area contributed by atoms with E-state index in [1.54, 1.807) is 24.3 Å². The topological polar surface area (TPSA) is 75.9 Å². The van der Waals surface area contributed by atoms with Crippen molar-refractivity contribution in [1.29, 1.82) is 0 Å². The highest BCUT2D eigenvalue weighted by molar-refractivity contribution is 7.89. The smallest absolute Gasteiger partial charge is 0.243 e. The van der Waals surface area contributed by atoms with Gasteiger partial charge in [0.25, 0.3) is 0 Å². The Kier molecular flexibility index (Phi) is 5.09. The number of sulfonamides is 1. The first-order valence-corrected chi connectivity index (χ1v) is 10.6. The van der Waals surface area contributed by atoms with Gasteiger partial charge in [0, 0.05) is 32.2 Å². The number of fused-ring (bicyclic) bond motifs is 1. The van der Waals surface area contributed by atoms with E-state index in [0.717, 1.165) is 16.7 Å². The van der Waals surface area contributed by atoms with Crippen molar-refractivity contribution in [3.05, 3.63) is 53.9 Å². The van der Waals surface area contributed by atoms with Gasteiger partial charge in [0.1, 0.15) is 11.3 Å². The summed E-state index contributed by atoms with van der Waals surface area (Å²) in [6.45, 7) is 4.70. The second kappa shape index (κ2) is 7.54. The van der Waals surface area contributed by atoms with Crippen molar-refractivity contribution in [2.24, 2.45) is 0 Å². The molecule has 1 aliphatic rings. The average molecular weight is 401 g/mol. The fourth-order valence-corrected chi connectivity index (χ4v) is 4.83. The summed E-state index contributed by atoms with van der Waals surface area (Å²) in [6, 6.07) is 12.5. The molecule has 1 saturated heterocycles. The minimum atomic E-state index is -3.53. The standard InChI is InChI=1S/C20H23N3O4S/c1-15-6-7-18-19(12-15)27-20(21-18)14-22-8-10-23(11-9-22)28(24,25)17-5-3-4-16(13-17)26-2/h3-7,12-13H,8-11,14H2,1-2H3. The summed E-state index contributed by atoms with van der Waals surface area (Å²) in [5.41, 5.74) is 2.76. The van der Waals surface area contributed by atoms with Crippen LogP contribution in [0.5, 0.6) is 5.75 Å². The van der Waals surface area contributed by atoms with Crippen molar-refractivity contribution >= 4 is 21.1 Å². The number of oxazole rings is 1. The summed E-state index contributed by atoms with van der Waals surface area (Å²) in [4.78, 5) is 6.95. The number of rotatable bonds is 5. The van der Waals surface area contributed by atoms with Gasteiger partial charge in [-0.2, -0.15) is 4.31 Å². The molecule has 2 heterocycles. The third-order valence-electron chi connectivity index (χ3n) is 4.96. The van der Waals surface area contributed by atoms with Crippen LogP contribution in [0.15, 0.2) is 51.8 Å². The minimum Gasteiger partial charge on any atom is -0.497 e. The maximum absolute atomic E-state index is 12.9. The monoisotopic (exact) mass is 401 g/mol. The van der Waals surface area contributed by atoms with Crippen LogP contribution in [0.2, 0.25) is 0 Å². The number of ether oxygens (including phenoxy) is 1. The van der Waals surface area contributed by atoms with Gasteiger partial charge in [-0.15, -0.1) is 0 Å². The van der Waals surface area contributed by atoms with E-state index in [2.05, 4.69) is 9.88 Å². The molecular formula is C20H23N3O4S. The van der Waals surface area contributed by atoms with Crippen molar-refractivity contribution in [2.75, 3.05) is 33.3 Å². The summed E-state index contributed by atoms with van der Waals surface area (Å²) in [6.07, 6.45) is 0. The van der Waals surface area contributed by atoms with Gasteiger partial charge in [0.15, 0.2) is 5.58 Å². The summed E-state index contributed by atoms with van der Waals surface area (Å²) < 4.78 is 38.3. The molecular weight excluding hydrogens is 378 g/mol. The molecule has 2 aromatic carbocycles. The van der Waals surface area contributed by atoms with Crippen molar-refractivity contribution in [1.82, 2.24) is 14.2 Å². The van der Waals surface area contributed by atoms with Crippen LogP contribution in [0, 0.1) is 6.92 Å². The van der Waals surface area contributed by atoms with E-state index in [1.807, 2.05) is 25.1 Å². The van der Waals surface area contributed by atoms with Crippen molar-refractivity contribution in [3.63, 3.8) is 0 Å². The highest BCUT2D eigenvalue weighted by Crippen LogP contribution is 2.23. The van der Waals surface area contributed by atoms with E-state index >= 15 is 0 Å². The van der Waals surface area contributed by atoms with Gasteiger partial charge in [-0.25, -0.2) is 13.4 Å². The summed E-state index contributed by atoms with van der Waals surface area (Å²) in [5, 5.41) is 0. The SMILES string of the molecule is COc1cccc(S(=O)(=O)N2CCN(Cc3nc4ccc(C)cc4o3)CC2)c1. The quantitative estimate of drug-likeness (QED) is 0.654. The molecule has 0 N–H and O–H groups in total. The molecule has 8 heteroatoms. The summed E-state index contributed by atoms with van der Waals surface area (Å²) >= 11 is 0. The number of nitrogens with zero attached hydrogens (tertiary/aromatic N) is 3. The van der Waals surface area contributed by atoms with Crippen molar-refractivity contribution < 1.29 is 17.6 Å². The number of aryl methyl sites for hydroxylation is 1. The number of benzene rings is 2. The van der Waals surface area contributed by atoms with E-state index < -0.39 is 10.0 Å². The molecule has 0 aliphatic carbocycles. The molecule has 0 unspecified atom stereocenters. The first-order valence-electron chi connectivity index (χ1n) is 9.18. The Balaban J connectivity index is 1.42. The molecule has 148 valence electrons. The lowest BCUT2D eigenvalue weighted by molar-refractivity contribution is 0.169. The molecule has 0 atom stereocenters. The predicted octanol–water partition coefficient (Wildman–Crippen LogP) is 2.65. The Morgan fingerprint density at radius 1 is 1.11 bits per heavy atom. The molecule has 1 aliphatic heterocycles. The Hall–Kier alpha value is -2.42. The molecule has 0 bridgehead atoms. The zero-order valence-corrected chi connectivity index (χ0v) is 16.8. The second-order valence-electron chi connectivity index (χ2n) is 6.94. The molecule has 7 nitrogen and oxygen atoms in total. The van der Waals surface area contributed by atoms with E-state index in [9.17, 15) is 8.42 Å². The third kappa shape index (κ3) is 3.76. The lowest BCUT2D eigenvalue weighted by atomic mass is 10.2. The molecule has 0 spiro atoms. The molecule has 0 amide bonds. The maximum atomic E-state index is 12.9. The second-order valence-corrected chi connectivity index (χ2v) is 8.88. The zero-order valence-electron chi connectivity index (χ0n) is 16.0. The largest absolute Gasteiger partial charge is 0.497 e. The van der Waals surface area contributed by atoms with E-state index in [1.165, 1.54) is 11.4 Å². The number of aromatic nitrogens is 1. The highest BCUT2D eigenvalue weighted by Gasteiger charge is 2.29. The van der Waals surface area contributed by atoms with Gasteiger partial charge in [0.05, 0.1) is 18.6 Å². The lowest BCUT2D eigenvalue weighted by Crippen LogP contribution is -2.48. The maximum Gasteiger partial charge on any atom is 0.243 e. The number of hydrogen-bond acceptors (Lipinski definition) is 6. The average Bonchev–Trinajstić information content (AvgIpc) is 3.09. The summed E-state index contributed by atoms with van der Waals surface area (Å²) in [7, 11) is -2.00. The van der Waals surface area contributed by atoms with Gasteiger partial charge in [-0.3, -0.25) is 4.90 Å². The van der Waals surface area contributed by atoms with Gasteiger partial charge in [-0.05, 0) is 36.8 Å². The van der Waals surface area contributed by atoms with Gasteiger partial charge in [-0.1, -0.05) is 12.1 Å². The van der Waals surface area contributed by atoms with Crippen LogP contribution < -0.4 is 4.74 Å². The Bertz CT molecular complexity index is 1090. The Labute approximate surface area is 164 Å². The first kappa shape index (κ1) is 18.9. The normalized spacial score (nSPS) is 16.5. The van der Waals surface area contributed by atoms with Crippen LogP contribution in [-0.2, 0) is 16.6 Å². The van der Waals surface area contributed by atoms with E-state index in [-0.39, 0.29) is 4.90 Å². The van der Waals surface area contributed by atoms with Crippen LogP contribution in [0.25, 0.3) is 11.1 Å². The summed E-state index contributed by atoms with van der Waals surface area (Å²) in [5.74, 6) is 1.19. The van der Waals surface area contributed by atoms with E-state index in [4.69, 9.17) is 9.15 Å². The molecule has 4 rings (SSSR count). The first-order chi connectivity index (χ1) is 13.5. The molecule has 3 aromatic rings. The van der Waals surface area contributed by atoms with Crippen LogP contribution in [0.3, 0.4) is 0 Å². The van der Waals surface area contributed by atoms with Crippen molar-refractivity contribution in [2.45, 2.75) is 18.4 Å². The molecule has 0 saturated carbocycles. The number of hydrogen-bond donors (Lipinski definition) is 0. The van der Waals surface area contributed by atoms with Crippen LogP contribution in [0.1, 0.15) is 11.5 Å². The van der Waals surface area contributed by atoms with Gasteiger partial charge >= 0.3 is 0 Å². The molecule has 1 aromatic heterocycles. The highest BCUT2D eigenvalue weighted by atomic mass is 32.2. The number of piperazine rings is 1. The Morgan fingerprint density at radius 2 is 1.89 bits per heavy atom. The number of methoxy groups -OCH3 is 1. The van der Waals surface area contributed by atoms with Crippen LogP contribution in [0.4, 0.5) is 0 Å². The molecule has 28 heavy (non-hydrogen) atoms. The van der Waals surface area contributed by atoms with Crippen LogP contribution in [-0.4, -0.2) is 55.9 Å². The predicted molar refractivity (Wildman–Crippen MR) is 106 cm³/mol. The third-order valence-corrected chi connectivity index (χ3v) is 6.85. The molecule has 1 fully saturated rings. The van der Waals surface area contributed by atoms with Crippen LogP contribution >= 0.6 is 0 Å². The van der Waals surface area contributed by atoms with Gasteiger partial charge < -0.3 is 9.15 Å². The fourth-order valence-electron chi connectivity index (χ4n) is 3.38. The fraction of sp³-hybridized carbons (Fsp3) is 0.350. The lowest BCUT2D eigenvalue weighted by Gasteiger charge is -2.33. The Morgan fingerprint density at radius 3 is 2.64 bits per heavy atom. The molecule has 0 radical (unpaired) electrons. The van der Waals surface area contributed by atoms with Gasteiger partial charge in [0.2, 0.25) is 15.9 Å². The van der Waals surface area contributed by atoms with Crippen molar-refractivity contribution in [3.8, 4) is 5.75 Å². The minimum absolute atomic E-state index is 0.259.